The first-order valence-electron chi connectivity index (χ1n) is 7.35. The Balaban J connectivity index is 2.19. The molecule has 0 fully saturated rings. The van der Waals surface area contributed by atoms with Crippen molar-refractivity contribution in [2.24, 2.45) is 7.05 Å². The van der Waals surface area contributed by atoms with Gasteiger partial charge in [0.1, 0.15) is 11.7 Å². The number of nitro groups is 1. The van der Waals surface area contributed by atoms with Crippen LogP contribution in [0.15, 0.2) is 30.5 Å². The molecule has 11 heteroatoms. The van der Waals surface area contributed by atoms with E-state index in [0.717, 1.165) is 10.9 Å². The molecule has 26 heavy (non-hydrogen) atoms. The summed E-state index contributed by atoms with van der Waals surface area (Å²) in [5, 5.41) is 45.6. The third kappa shape index (κ3) is 4.02. The zero-order valence-electron chi connectivity index (χ0n) is 13.6. The Hall–Kier alpha value is -3.31. The van der Waals surface area contributed by atoms with Crippen molar-refractivity contribution in [3.8, 4) is 0 Å². The summed E-state index contributed by atoms with van der Waals surface area (Å²) < 4.78 is 1.15. The van der Waals surface area contributed by atoms with Gasteiger partial charge in [-0.3, -0.25) is 19.6 Å². The number of aliphatic hydroxyl groups is 2. The Morgan fingerprint density at radius 3 is 2.46 bits per heavy atom. The molecule has 0 aliphatic heterocycles. The highest BCUT2D eigenvalue weighted by Gasteiger charge is 2.27. The second kappa shape index (κ2) is 7.72. The van der Waals surface area contributed by atoms with Gasteiger partial charge in [-0.15, -0.1) is 0 Å². The van der Waals surface area contributed by atoms with Crippen LogP contribution in [0.1, 0.15) is 32.5 Å². The molecule has 0 aliphatic carbocycles. The van der Waals surface area contributed by atoms with E-state index in [4.69, 9.17) is 5.11 Å². The molecule has 2 atom stereocenters. The van der Waals surface area contributed by atoms with Crippen LogP contribution >= 0.6 is 0 Å². The van der Waals surface area contributed by atoms with Gasteiger partial charge in [0.2, 0.25) is 0 Å². The number of non-ortho nitro benzene ring substituents is 1. The van der Waals surface area contributed by atoms with Crippen LogP contribution in [0.4, 0.5) is 5.69 Å². The molecule has 2 rings (SSSR count). The number of carboxylic acid groups (broad SMARTS) is 1. The topological polar surface area (TPSA) is 168 Å². The number of hydrogen-bond acceptors (Lipinski definition) is 7. The van der Waals surface area contributed by atoms with Crippen molar-refractivity contribution in [1.82, 2.24) is 15.1 Å². The second-order valence-electron chi connectivity index (χ2n) is 5.43. The Bertz CT molecular complexity index is 831. The standard InChI is InChI=1S/C15H16N4O7/c1-18-6-10(15(23)24)12(17-18)14(22)16-11(7-20)13(21)8-2-4-9(5-3-8)19(25)26/h2-6,11,13,20-21H,7H2,1H3,(H,16,22)(H,23,24)/t11-,13+/m0/s1. The summed E-state index contributed by atoms with van der Waals surface area (Å²) in [6, 6.07) is 3.77. The molecule has 138 valence electrons. The van der Waals surface area contributed by atoms with E-state index in [1.807, 2.05) is 0 Å². The van der Waals surface area contributed by atoms with Gasteiger partial charge < -0.3 is 20.6 Å². The molecule has 1 aromatic carbocycles. The largest absolute Gasteiger partial charge is 0.478 e. The maximum Gasteiger partial charge on any atom is 0.339 e. The monoisotopic (exact) mass is 364 g/mol. The van der Waals surface area contributed by atoms with Gasteiger partial charge in [0.15, 0.2) is 5.69 Å². The predicted molar refractivity (Wildman–Crippen MR) is 86.6 cm³/mol. The quantitative estimate of drug-likeness (QED) is 0.388. The lowest BCUT2D eigenvalue weighted by atomic mass is 10.0. The molecule has 0 saturated carbocycles. The van der Waals surface area contributed by atoms with Gasteiger partial charge >= 0.3 is 5.97 Å². The van der Waals surface area contributed by atoms with Crippen molar-refractivity contribution >= 4 is 17.6 Å². The maximum absolute atomic E-state index is 12.3. The predicted octanol–water partition coefficient (Wildman–Crippen LogP) is -0.149. The minimum Gasteiger partial charge on any atom is -0.478 e. The fourth-order valence-corrected chi connectivity index (χ4v) is 2.30. The zero-order chi connectivity index (χ0) is 19.4. The van der Waals surface area contributed by atoms with Crippen LogP contribution < -0.4 is 5.32 Å². The van der Waals surface area contributed by atoms with E-state index in [1.54, 1.807) is 0 Å². The van der Waals surface area contributed by atoms with Crippen LogP contribution in [-0.4, -0.2) is 54.5 Å². The normalized spacial score (nSPS) is 13.0. The van der Waals surface area contributed by atoms with Crippen LogP contribution in [0.3, 0.4) is 0 Å². The van der Waals surface area contributed by atoms with Crippen LogP contribution in [-0.2, 0) is 7.05 Å². The molecule has 0 saturated heterocycles. The molecule has 11 nitrogen and oxygen atoms in total. The first-order chi connectivity index (χ1) is 12.2. The molecule has 0 bridgehead atoms. The SMILES string of the molecule is Cn1cc(C(=O)O)c(C(=O)N[C@@H](CO)[C@H](O)c2ccc([N+](=O)[O-])cc2)n1. The van der Waals surface area contributed by atoms with Gasteiger partial charge in [0, 0.05) is 25.4 Å². The first kappa shape index (κ1) is 19.0. The number of rotatable bonds is 7. The fraction of sp³-hybridized carbons (Fsp3) is 0.267. The lowest BCUT2D eigenvalue weighted by Gasteiger charge is -2.22. The smallest absolute Gasteiger partial charge is 0.339 e. The highest BCUT2D eigenvalue weighted by atomic mass is 16.6. The summed E-state index contributed by atoms with van der Waals surface area (Å²) in [6.07, 6.45) is -0.223. The molecule has 0 spiro atoms. The third-order valence-corrected chi connectivity index (χ3v) is 3.61. The van der Waals surface area contributed by atoms with E-state index < -0.39 is 35.6 Å². The van der Waals surface area contributed by atoms with E-state index >= 15 is 0 Å². The van der Waals surface area contributed by atoms with Crippen molar-refractivity contribution < 1.29 is 29.8 Å². The van der Waals surface area contributed by atoms with Gasteiger partial charge in [-0.1, -0.05) is 0 Å². The van der Waals surface area contributed by atoms with Gasteiger partial charge in [0.05, 0.1) is 17.6 Å². The number of carbonyl (C=O) groups excluding carboxylic acids is 1. The second-order valence-corrected chi connectivity index (χ2v) is 5.43. The highest BCUT2D eigenvalue weighted by molar-refractivity contribution is 6.03. The van der Waals surface area contributed by atoms with Gasteiger partial charge in [-0.25, -0.2) is 4.79 Å². The summed E-state index contributed by atoms with van der Waals surface area (Å²) in [5.41, 5.74) is -0.639. The molecule has 4 N–H and O–H groups in total. The lowest BCUT2D eigenvalue weighted by molar-refractivity contribution is -0.384. The number of benzene rings is 1. The number of nitrogens with one attached hydrogen (secondary N) is 1. The maximum atomic E-state index is 12.3. The number of amides is 1. The lowest BCUT2D eigenvalue weighted by Crippen LogP contribution is -2.42. The van der Waals surface area contributed by atoms with Crippen molar-refractivity contribution in [3.05, 3.63) is 57.4 Å². The number of aromatic nitrogens is 2. The molecular formula is C15H16N4O7. The van der Waals surface area contributed by atoms with Gasteiger partial charge in [-0.05, 0) is 17.7 Å². The summed E-state index contributed by atoms with van der Waals surface area (Å²) in [4.78, 5) is 33.5. The van der Waals surface area contributed by atoms with Gasteiger partial charge in [-0.2, -0.15) is 5.10 Å². The van der Waals surface area contributed by atoms with Gasteiger partial charge in [0.25, 0.3) is 11.6 Å². The van der Waals surface area contributed by atoms with E-state index in [9.17, 15) is 29.9 Å². The number of nitrogens with zero attached hydrogens (tertiary/aromatic N) is 3. The number of nitro benzene ring substituents is 1. The molecule has 1 heterocycles. The molecule has 0 unspecified atom stereocenters. The molecule has 2 aromatic rings. The molecular weight excluding hydrogens is 348 g/mol. The number of aliphatic hydroxyl groups excluding tert-OH is 2. The van der Waals surface area contributed by atoms with Crippen LogP contribution in [0.25, 0.3) is 0 Å². The van der Waals surface area contributed by atoms with Crippen molar-refractivity contribution in [3.63, 3.8) is 0 Å². The first-order valence-corrected chi connectivity index (χ1v) is 7.35. The molecule has 0 radical (unpaired) electrons. The van der Waals surface area contributed by atoms with Crippen molar-refractivity contribution in [2.75, 3.05) is 6.61 Å². The highest BCUT2D eigenvalue weighted by Crippen LogP contribution is 2.21. The Labute approximate surface area is 146 Å². The minimum atomic E-state index is -1.37. The van der Waals surface area contributed by atoms with Crippen LogP contribution in [0, 0.1) is 10.1 Å². The van der Waals surface area contributed by atoms with E-state index in [-0.39, 0.29) is 22.5 Å². The summed E-state index contributed by atoms with van der Waals surface area (Å²) in [6.45, 7) is -0.654. The molecule has 1 amide bonds. The molecule has 0 aliphatic rings. The number of hydrogen-bond donors (Lipinski definition) is 4. The average Bonchev–Trinajstić information content (AvgIpc) is 3.01. The summed E-state index contributed by atoms with van der Waals surface area (Å²) in [5.74, 6) is -2.23. The summed E-state index contributed by atoms with van der Waals surface area (Å²) >= 11 is 0. The Morgan fingerprint density at radius 2 is 1.96 bits per heavy atom. The van der Waals surface area contributed by atoms with Crippen molar-refractivity contribution in [1.29, 1.82) is 0 Å². The summed E-state index contributed by atoms with van der Waals surface area (Å²) in [7, 11) is 1.44. The van der Waals surface area contributed by atoms with Crippen LogP contribution in [0.5, 0.6) is 0 Å². The number of carbonyl (C=O) groups is 2. The number of aryl methyl sites for hydroxylation is 1. The van der Waals surface area contributed by atoms with E-state index in [1.165, 1.54) is 31.3 Å². The Morgan fingerprint density at radius 1 is 1.35 bits per heavy atom. The number of carboxylic acids is 1. The van der Waals surface area contributed by atoms with Crippen LogP contribution in [0.2, 0.25) is 0 Å². The van der Waals surface area contributed by atoms with E-state index in [2.05, 4.69) is 10.4 Å². The fourth-order valence-electron chi connectivity index (χ4n) is 2.30. The van der Waals surface area contributed by atoms with E-state index in [0.29, 0.717) is 0 Å². The van der Waals surface area contributed by atoms with Crippen molar-refractivity contribution in [2.45, 2.75) is 12.1 Å². The molecule has 1 aromatic heterocycles. The third-order valence-electron chi connectivity index (χ3n) is 3.61. The number of aromatic carboxylic acids is 1. The average molecular weight is 364 g/mol. The Kier molecular flexibility index (Phi) is 5.64. The minimum absolute atomic E-state index is 0.176. The zero-order valence-corrected chi connectivity index (χ0v) is 13.6.